The topological polar surface area (TPSA) is 143 Å². The van der Waals surface area contributed by atoms with Gasteiger partial charge in [0.15, 0.2) is 17.4 Å². The third kappa shape index (κ3) is 5.99. The molecule has 0 aliphatic rings. The Bertz CT molecular complexity index is 1580. The van der Waals surface area contributed by atoms with Gasteiger partial charge in [0.1, 0.15) is 22.8 Å². The van der Waals surface area contributed by atoms with Gasteiger partial charge < -0.3 is 14.2 Å². The van der Waals surface area contributed by atoms with Gasteiger partial charge in [0.2, 0.25) is 16.0 Å². The molecule has 0 bridgehead atoms. The van der Waals surface area contributed by atoms with Crippen LogP contribution in [0.4, 0.5) is 14.7 Å². The summed E-state index contributed by atoms with van der Waals surface area (Å²) in [5.74, 6) is -0.262. The van der Waals surface area contributed by atoms with Crippen molar-refractivity contribution in [3.05, 3.63) is 66.0 Å². The number of para-hydroxylation sites is 1. The maximum atomic E-state index is 13.6. The molecule has 0 fully saturated rings. The van der Waals surface area contributed by atoms with Gasteiger partial charge >= 0.3 is 6.61 Å². The van der Waals surface area contributed by atoms with Crippen LogP contribution in [0.25, 0.3) is 17.1 Å². The summed E-state index contributed by atoms with van der Waals surface area (Å²) in [5.41, 5.74) is 1.94. The Morgan fingerprint density at radius 2 is 1.68 bits per heavy atom. The minimum Gasteiger partial charge on any atom is -0.494 e. The highest BCUT2D eigenvalue weighted by Crippen LogP contribution is 2.39. The van der Waals surface area contributed by atoms with E-state index in [-0.39, 0.29) is 34.8 Å². The van der Waals surface area contributed by atoms with Gasteiger partial charge in [0.25, 0.3) is 0 Å². The minimum absolute atomic E-state index is 0.0534. The van der Waals surface area contributed by atoms with E-state index in [4.69, 9.17) is 14.2 Å². The number of methoxy groups -OCH3 is 2. The van der Waals surface area contributed by atoms with E-state index in [0.29, 0.717) is 5.56 Å². The number of rotatable bonds is 11. The zero-order valence-electron chi connectivity index (χ0n) is 22.2. The summed E-state index contributed by atoms with van der Waals surface area (Å²) in [4.78, 5) is 12.6. The average Bonchev–Trinajstić information content (AvgIpc) is 3.31. The molecule has 2 unspecified atom stereocenters. The molecule has 12 nitrogen and oxygen atoms in total. The lowest BCUT2D eigenvalue weighted by Crippen LogP contribution is -2.33. The number of hydrogen-bond donors (Lipinski definition) is 1. The smallest absolute Gasteiger partial charge is 0.387 e. The van der Waals surface area contributed by atoms with Gasteiger partial charge in [0.05, 0.1) is 7.11 Å². The van der Waals surface area contributed by atoms with Crippen LogP contribution in [-0.4, -0.2) is 64.2 Å². The normalized spacial score (nSPS) is 13.2. The van der Waals surface area contributed by atoms with Gasteiger partial charge in [-0.05, 0) is 50.1 Å². The van der Waals surface area contributed by atoms with Crippen LogP contribution < -0.4 is 14.2 Å². The molecule has 4 aromatic rings. The van der Waals surface area contributed by atoms with Crippen LogP contribution in [-0.2, 0) is 14.8 Å². The molecule has 3 heterocycles. The molecule has 212 valence electrons. The van der Waals surface area contributed by atoms with Crippen LogP contribution in [0, 0.1) is 13.8 Å². The molecule has 0 aliphatic carbocycles. The summed E-state index contributed by atoms with van der Waals surface area (Å²) in [6.45, 7) is 1.84. The molecule has 0 aliphatic heterocycles. The number of pyridine rings is 1. The summed E-state index contributed by atoms with van der Waals surface area (Å²) < 4.78 is 73.3. The lowest BCUT2D eigenvalue weighted by atomic mass is 10.2. The molecule has 0 radical (unpaired) electrons. The van der Waals surface area contributed by atoms with E-state index < -0.39 is 28.0 Å². The number of nitrogens with one attached hydrogen (secondary N) is 1. The molecule has 0 saturated carbocycles. The fourth-order valence-corrected chi connectivity index (χ4v) is 5.07. The van der Waals surface area contributed by atoms with Crippen LogP contribution >= 0.6 is 0 Å². The zero-order chi connectivity index (χ0) is 29.0. The number of hydrogen-bond acceptors (Lipinski definition) is 10. The van der Waals surface area contributed by atoms with Crippen LogP contribution in [0.3, 0.4) is 0 Å². The van der Waals surface area contributed by atoms with Crippen molar-refractivity contribution < 1.29 is 31.4 Å². The Labute approximate surface area is 229 Å². The van der Waals surface area contributed by atoms with Crippen molar-refractivity contribution in [2.24, 2.45) is 0 Å². The van der Waals surface area contributed by atoms with Crippen molar-refractivity contribution in [3.8, 4) is 28.6 Å². The maximum Gasteiger partial charge on any atom is 0.387 e. The molecule has 1 aromatic carbocycles. The van der Waals surface area contributed by atoms with E-state index in [1.165, 1.54) is 50.1 Å². The Hall–Kier alpha value is -4.24. The second kappa shape index (κ2) is 11.9. The third-order valence-electron chi connectivity index (χ3n) is 5.88. The molecular weight excluding hydrogens is 548 g/mol. The predicted molar refractivity (Wildman–Crippen MR) is 141 cm³/mol. The van der Waals surface area contributed by atoms with Crippen LogP contribution in [0.15, 0.2) is 49.1 Å². The average molecular weight is 576 g/mol. The van der Waals surface area contributed by atoms with Crippen molar-refractivity contribution >= 4 is 16.0 Å². The largest absolute Gasteiger partial charge is 0.494 e. The van der Waals surface area contributed by atoms with Crippen LogP contribution in [0.5, 0.6) is 11.5 Å². The van der Waals surface area contributed by atoms with Crippen molar-refractivity contribution in [2.75, 3.05) is 18.9 Å². The summed E-state index contributed by atoms with van der Waals surface area (Å²) in [6, 6.07) is 5.98. The second-order valence-corrected chi connectivity index (χ2v) is 10.8. The number of ether oxygens (including phenoxy) is 3. The van der Waals surface area contributed by atoms with Crippen LogP contribution in [0.2, 0.25) is 0 Å². The lowest BCUT2D eigenvalue weighted by molar-refractivity contribution is -0.0499. The standard InChI is InChI=1S/C25H27F2N7O5S/c1-14-9-17(13-28-10-14)23-31-32-25(34(23)20-18(37-4)7-6-8-19(20)39-24(26)27)33-40(35,36)16(3)21(38-5)22-29-11-15(2)12-30-22/h6-13,16,21,24H,1-5H3,(H,32,33). The number of benzene rings is 1. The molecular formula is C25H27F2N7O5S. The first-order chi connectivity index (χ1) is 19.1. The van der Waals surface area contributed by atoms with Crippen molar-refractivity contribution in [1.29, 1.82) is 0 Å². The SMILES string of the molecule is COc1cccc(OC(F)F)c1-n1c(NS(=O)(=O)C(C)C(OC)c2ncc(C)cn2)nnc1-c1cncc(C)c1. The molecule has 1 N–H and O–H groups in total. The maximum absolute atomic E-state index is 13.6. The highest BCUT2D eigenvalue weighted by Gasteiger charge is 2.35. The lowest BCUT2D eigenvalue weighted by Gasteiger charge is -2.23. The molecule has 2 atom stereocenters. The third-order valence-corrected chi connectivity index (χ3v) is 7.57. The number of anilines is 1. The van der Waals surface area contributed by atoms with Gasteiger partial charge in [-0.25, -0.2) is 18.4 Å². The number of aromatic nitrogens is 6. The quantitative estimate of drug-likeness (QED) is 0.280. The Morgan fingerprint density at radius 3 is 2.30 bits per heavy atom. The first kappa shape index (κ1) is 28.8. The van der Waals surface area contributed by atoms with Crippen molar-refractivity contribution in [3.63, 3.8) is 0 Å². The van der Waals surface area contributed by atoms with E-state index in [1.54, 1.807) is 38.5 Å². The summed E-state index contributed by atoms with van der Waals surface area (Å²) in [5, 5.41) is 7.00. The fourth-order valence-electron chi connectivity index (χ4n) is 3.94. The highest BCUT2D eigenvalue weighted by atomic mass is 32.2. The number of alkyl halides is 2. The van der Waals surface area contributed by atoms with Crippen LogP contribution in [0.1, 0.15) is 30.0 Å². The minimum atomic E-state index is -4.27. The number of halogens is 2. The molecule has 40 heavy (non-hydrogen) atoms. The van der Waals surface area contributed by atoms with E-state index in [2.05, 4.69) is 29.9 Å². The van der Waals surface area contributed by atoms with Gasteiger partial charge in [-0.15, -0.1) is 10.2 Å². The highest BCUT2D eigenvalue weighted by molar-refractivity contribution is 7.93. The van der Waals surface area contributed by atoms with Gasteiger partial charge in [-0.3, -0.25) is 14.3 Å². The van der Waals surface area contributed by atoms with Gasteiger partial charge in [-0.2, -0.15) is 8.78 Å². The fraction of sp³-hybridized carbons (Fsp3) is 0.320. The zero-order valence-corrected chi connectivity index (χ0v) is 23.1. The Kier molecular flexibility index (Phi) is 8.54. The first-order valence-corrected chi connectivity index (χ1v) is 13.4. The van der Waals surface area contributed by atoms with E-state index in [9.17, 15) is 17.2 Å². The Morgan fingerprint density at radius 1 is 0.975 bits per heavy atom. The molecule has 15 heteroatoms. The second-order valence-electron chi connectivity index (χ2n) is 8.75. The van der Waals surface area contributed by atoms with Crippen molar-refractivity contribution in [1.82, 2.24) is 29.7 Å². The number of aryl methyl sites for hydroxylation is 2. The molecule has 0 saturated heterocycles. The van der Waals surface area contributed by atoms with Crippen molar-refractivity contribution in [2.45, 2.75) is 38.7 Å². The molecule has 3 aromatic heterocycles. The van der Waals surface area contributed by atoms with Gasteiger partial charge in [0, 0.05) is 37.5 Å². The van der Waals surface area contributed by atoms with E-state index in [0.717, 1.165) is 11.1 Å². The molecule has 0 spiro atoms. The molecule has 4 rings (SSSR count). The monoisotopic (exact) mass is 575 g/mol. The first-order valence-electron chi connectivity index (χ1n) is 11.9. The number of sulfonamides is 1. The summed E-state index contributed by atoms with van der Waals surface area (Å²) in [7, 11) is -1.60. The van der Waals surface area contributed by atoms with E-state index >= 15 is 0 Å². The predicted octanol–water partition coefficient (Wildman–Crippen LogP) is 3.86. The number of nitrogens with zero attached hydrogens (tertiary/aromatic N) is 6. The molecule has 0 amide bonds. The van der Waals surface area contributed by atoms with Gasteiger partial charge in [-0.1, -0.05) is 6.07 Å². The summed E-state index contributed by atoms with van der Waals surface area (Å²) in [6.07, 6.45) is 5.15. The summed E-state index contributed by atoms with van der Waals surface area (Å²) >= 11 is 0. The van der Waals surface area contributed by atoms with E-state index in [1.807, 2.05) is 0 Å². The Balaban J connectivity index is 1.87.